The van der Waals surface area contributed by atoms with Gasteiger partial charge in [0.25, 0.3) is 0 Å². The van der Waals surface area contributed by atoms with E-state index < -0.39 is 0 Å². The second-order valence-corrected chi connectivity index (χ2v) is 3.82. The van der Waals surface area contributed by atoms with Gasteiger partial charge in [0.15, 0.2) is 0 Å². The van der Waals surface area contributed by atoms with E-state index in [1.807, 2.05) is 60.7 Å². The van der Waals surface area contributed by atoms with Crippen molar-refractivity contribution in [3.05, 3.63) is 84.6 Å². The molecule has 1 heterocycles. The molecule has 1 aromatic heterocycles. The number of rotatable bonds is 3. The molecule has 3 rings (SSSR count). The van der Waals surface area contributed by atoms with Crippen LogP contribution in [0.1, 0.15) is 5.56 Å². The third-order valence-corrected chi connectivity index (χ3v) is 2.43. The Balaban J connectivity index is 0.000000256. The summed E-state index contributed by atoms with van der Waals surface area (Å²) in [7, 11) is 0. The Kier molecular flexibility index (Phi) is 7.33. The first kappa shape index (κ1) is 15.2. The van der Waals surface area contributed by atoms with Crippen molar-refractivity contribution in [2.75, 3.05) is 5.32 Å². The zero-order chi connectivity index (χ0) is 12.5. The van der Waals surface area contributed by atoms with Crippen LogP contribution in [0.4, 0.5) is 5.82 Å². The van der Waals surface area contributed by atoms with Gasteiger partial charge in [0.2, 0.25) is 0 Å². The van der Waals surface area contributed by atoms with E-state index in [0.29, 0.717) is 0 Å². The molecule has 3 heteroatoms. The topological polar surface area (TPSA) is 24.9 Å². The smallest absolute Gasteiger partial charge is 0.377 e. The van der Waals surface area contributed by atoms with Gasteiger partial charge in [-0.3, -0.25) is 0 Å². The molecule has 0 aliphatic heterocycles. The third kappa shape index (κ3) is 6.05. The average molecular weight is 292 g/mol. The van der Waals surface area contributed by atoms with Crippen molar-refractivity contribution in [1.82, 2.24) is 4.98 Å². The maximum absolute atomic E-state index is 4.17. The fourth-order valence-electron chi connectivity index (χ4n) is 1.51. The minimum absolute atomic E-state index is 0. The summed E-state index contributed by atoms with van der Waals surface area (Å²) in [6.07, 6.45) is 1.79. The summed E-state index contributed by atoms with van der Waals surface area (Å²) in [6, 6.07) is 24.1. The molecule has 0 unspecified atom stereocenters. The first-order chi connectivity index (χ1) is 8.95. The van der Waals surface area contributed by atoms with Crippen molar-refractivity contribution in [3.63, 3.8) is 0 Å². The molecule has 3 aromatic rings. The molecule has 19 heavy (non-hydrogen) atoms. The van der Waals surface area contributed by atoms with E-state index in [9.17, 15) is 0 Å². The van der Waals surface area contributed by atoms with Crippen molar-refractivity contribution in [2.45, 2.75) is 6.54 Å². The standard InChI is InChI=1S/C11H11N2.C5H5.Fe/c1-2-6-10(5-1)9-13-11-7-3-4-8-12-11;1-2-4-5-3-1;/h1-8H,9H2,(H,12,13);1-5H;/q2*-1;+2. The Hall–Kier alpha value is -1.83. The number of pyridine rings is 1. The van der Waals surface area contributed by atoms with E-state index in [4.69, 9.17) is 0 Å². The van der Waals surface area contributed by atoms with Gasteiger partial charge >= 0.3 is 17.1 Å². The van der Waals surface area contributed by atoms with Crippen LogP contribution in [0, 0.1) is 0 Å². The predicted molar refractivity (Wildman–Crippen MR) is 75.6 cm³/mol. The predicted octanol–water partition coefficient (Wildman–Crippen LogP) is 3.82. The normalized spacial score (nSPS) is 8.84. The zero-order valence-electron chi connectivity index (χ0n) is 10.5. The summed E-state index contributed by atoms with van der Waals surface area (Å²) < 4.78 is 0. The van der Waals surface area contributed by atoms with Crippen LogP contribution < -0.4 is 5.32 Å². The average Bonchev–Trinajstić information content (AvgIpc) is 3.13. The molecule has 0 radical (unpaired) electrons. The van der Waals surface area contributed by atoms with Gasteiger partial charge in [-0.15, -0.1) is 5.56 Å². The summed E-state index contributed by atoms with van der Waals surface area (Å²) in [6.45, 7) is 0.837. The van der Waals surface area contributed by atoms with Gasteiger partial charge in [-0.2, -0.15) is 30.3 Å². The summed E-state index contributed by atoms with van der Waals surface area (Å²) in [5.41, 5.74) is 1.28. The Labute approximate surface area is 124 Å². The molecule has 0 amide bonds. The van der Waals surface area contributed by atoms with Crippen LogP contribution in [-0.2, 0) is 23.6 Å². The number of nitrogens with one attached hydrogen (secondary N) is 1. The Morgan fingerprint density at radius 1 is 1.00 bits per heavy atom. The van der Waals surface area contributed by atoms with Crippen LogP contribution in [0.25, 0.3) is 0 Å². The molecule has 98 valence electrons. The minimum Gasteiger partial charge on any atom is -0.377 e. The summed E-state index contributed by atoms with van der Waals surface area (Å²) in [4.78, 5) is 4.17. The van der Waals surface area contributed by atoms with E-state index in [1.54, 1.807) is 6.20 Å². The van der Waals surface area contributed by atoms with Crippen molar-refractivity contribution in [1.29, 1.82) is 0 Å². The summed E-state index contributed by atoms with van der Waals surface area (Å²) >= 11 is 0. The van der Waals surface area contributed by atoms with Gasteiger partial charge in [-0.05, 0) is 18.7 Å². The first-order valence-electron chi connectivity index (χ1n) is 5.97. The molecular formula is C16H16FeN2. The van der Waals surface area contributed by atoms with Crippen LogP contribution in [0.2, 0.25) is 0 Å². The molecule has 0 aliphatic carbocycles. The SMILES string of the molecule is [Fe+2].c1cc[cH-]c1.c1ccc(NC[c-]2cccc2)nc1. The van der Waals surface area contributed by atoms with E-state index in [-0.39, 0.29) is 17.1 Å². The van der Waals surface area contributed by atoms with Crippen molar-refractivity contribution < 1.29 is 17.1 Å². The second kappa shape index (κ2) is 9.15. The number of hydrogen-bond acceptors (Lipinski definition) is 2. The zero-order valence-corrected chi connectivity index (χ0v) is 11.6. The van der Waals surface area contributed by atoms with Gasteiger partial charge in [0, 0.05) is 6.20 Å². The maximum Gasteiger partial charge on any atom is 2.00 e. The maximum atomic E-state index is 4.17. The molecular weight excluding hydrogens is 276 g/mol. The van der Waals surface area contributed by atoms with Gasteiger partial charge in [-0.25, -0.2) is 29.2 Å². The Morgan fingerprint density at radius 2 is 1.74 bits per heavy atom. The van der Waals surface area contributed by atoms with Gasteiger partial charge in [0.1, 0.15) is 5.82 Å². The first-order valence-corrected chi connectivity index (χ1v) is 5.97. The van der Waals surface area contributed by atoms with E-state index in [1.165, 1.54) is 5.56 Å². The monoisotopic (exact) mass is 292 g/mol. The van der Waals surface area contributed by atoms with E-state index in [0.717, 1.165) is 12.4 Å². The minimum atomic E-state index is 0. The molecule has 0 saturated heterocycles. The molecule has 1 N–H and O–H groups in total. The molecule has 0 atom stereocenters. The van der Waals surface area contributed by atoms with Crippen LogP contribution in [0.5, 0.6) is 0 Å². The van der Waals surface area contributed by atoms with E-state index >= 15 is 0 Å². The molecule has 0 fully saturated rings. The molecule has 0 spiro atoms. The van der Waals surface area contributed by atoms with Gasteiger partial charge in [-0.1, -0.05) is 6.07 Å². The Bertz CT molecular complexity index is 484. The third-order valence-electron chi connectivity index (χ3n) is 2.43. The number of aromatic nitrogens is 1. The number of anilines is 1. The fourth-order valence-corrected chi connectivity index (χ4v) is 1.51. The second-order valence-electron chi connectivity index (χ2n) is 3.82. The largest absolute Gasteiger partial charge is 2.00 e. The van der Waals surface area contributed by atoms with Crippen molar-refractivity contribution in [3.8, 4) is 0 Å². The molecule has 0 aliphatic rings. The quantitative estimate of drug-likeness (QED) is 0.586. The summed E-state index contributed by atoms with van der Waals surface area (Å²) in [5.74, 6) is 0.920. The molecule has 2 nitrogen and oxygen atoms in total. The van der Waals surface area contributed by atoms with Gasteiger partial charge < -0.3 is 5.32 Å². The van der Waals surface area contributed by atoms with E-state index in [2.05, 4.69) is 22.4 Å². The fraction of sp³-hybridized carbons (Fsp3) is 0.0625. The van der Waals surface area contributed by atoms with Crippen LogP contribution >= 0.6 is 0 Å². The molecule has 0 saturated carbocycles. The van der Waals surface area contributed by atoms with Crippen LogP contribution in [0.15, 0.2) is 79.0 Å². The van der Waals surface area contributed by atoms with Gasteiger partial charge in [0.05, 0.1) is 0 Å². The molecule has 0 bridgehead atoms. The number of nitrogens with zero attached hydrogens (tertiary/aromatic N) is 1. The van der Waals surface area contributed by atoms with Crippen molar-refractivity contribution >= 4 is 5.82 Å². The Morgan fingerprint density at radius 3 is 2.26 bits per heavy atom. The van der Waals surface area contributed by atoms with Crippen LogP contribution in [-0.4, -0.2) is 4.98 Å². The van der Waals surface area contributed by atoms with Crippen LogP contribution in [0.3, 0.4) is 0 Å². The number of hydrogen-bond donors (Lipinski definition) is 1. The summed E-state index contributed by atoms with van der Waals surface area (Å²) in [5, 5.41) is 3.24. The van der Waals surface area contributed by atoms with Crippen molar-refractivity contribution in [2.24, 2.45) is 0 Å². The molecule has 2 aromatic carbocycles.